The van der Waals surface area contributed by atoms with Crippen LogP contribution in [0.25, 0.3) is 0 Å². The average Bonchev–Trinajstić information content (AvgIpc) is 2.40. The molecule has 2 N–H and O–H groups in total. The molecule has 0 atom stereocenters. The maximum absolute atomic E-state index is 11.8. The van der Waals surface area contributed by atoms with Gasteiger partial charge in [0.25, 0.3) is 0 Å². The molecule has 1 aromatic rings. The predicted octanol–water partition coefficient (Wildman–Crippen LogP) is 3.35. The zero-order valence-corrected chi connectivity index (χ0v) is 13.3. The molecule has 2 rings (SSSR count). The van der Waals surface area contributed by atoms with Gasteiger partial charge in [-0.1, -0.05) is 20.8 Å². The number of carboxylic acid groups (broad SMARTS) is 1. The van der Waals surface area contributed by atoms with E-state index in [1.807, 2.05) is 13.0 Å². The van der Waals surface area contributed by atoms with E-state index in [9.17, 15) is 9.90 Å². The van der Waals surface area contributed by atoms with Crippen LogP contribution in [-0.2, 0) is 4.79 Å². The van der Waals surface area contributed by atoms with Crippen LogP contribution < -0.4 is 5.32 Å². The number of aliphatic carboxylic acids is 1. The summed E-state index contributed by atoms with van der Waals surface area (Å²) in [5, 5.41) is 12.8. The zero-order valence-electron chi connectivity index (χ0n) is 13.3. The molecule has 0 bridgehead atoms. The second-order valence-corrected chi connectivity index (χ2v) is 6.61. The molecule has 0 aromatic carbocycles. The third-order valence-electron chi connectivity index (χ3n) is 4.35. The average molecular weight is 291 g/mol. The molecule has 1 fully saturated rings. The van der Waals surface area contributed by atoms with Crippen molar-refractivity contribution < 1.29 is 9.90 Å². The summed E-state index contributed by atoms with van der Waals surface area (Å²) >= 11 is 0. The molecule has 116 valence electrons. The van der Waals surface area contributed by atoms with Crippen LogP contribution >= 0.6 is 0 Å². The van der Waals surface area contributed by atoms with Gasteiger partial charge in [-0.15, -0.1) is 0 Å². The molecule has 0 aliphatic heterocycles. The summed E-state index contributed by atoms with van der Waals surface area (Å²) in [5.74, 6) is 0.518. The highest BCUT2D eigenvalue weighted by Gasteiger charge is 2.41. The summed E-state index contributed by atoms with van der Waals surface area (Å²) in [6, 6.07) is 1.95. The van der Waals surface area contributed by atoms with Crippen LogP contribution in [0.15, 0.2) is 6.07 Å². The van der Waals surface area contributed by atoms with Gasteiger partial charge < -0.3 is 10.4 Å². The Labute approximate surface area is 126 Å². The lowest BCUT2D eigenvalue weighted by Gasteiger charge is -2.36. The van der Waals surface area contributed by atoms with Gasteiger partial charge in [-0.3, -0.25) is 0 Å². The fraction of sp³-hybridized carbons (Fsp3) is 0.688. The van der Waals surface area contributed by atoms with Crippen molar-refractivity contribution in [3.05, 3.63) is 17.5 Å². The number of rotatable bonds is 4. The Morgan fingerprint density at radius 2 is 2.00 bits per heavy atom. The molecule has 0 spiro atoms. The molecular formula is C16H25N3O2. The molecule has 1 aliphatic carbocycles. The number of carbonyl (C=O) groups is 1. The zero-order chi connectivity index (χ0) is 15.6. The summed E-state index contributed by atoms with van der Waals surface area (Å²) in [4.78, 5) is 20.6. The van der Waals surface area contributed by atoms with E-state index in [-0.39, 0.29) is 0 Å². The molecule has 5 nitrogen and oxygen atoms in total. The smallest absolute Gasteiger partial charge is 0.329 e. The van der Waals surface area contributed by atoms with Crippen LogP contribution in [0.3, 0.4) is 0 Å². The molecule has 0 radical (unpaired) electrons. The number of nitrogens with zero attached hydrogens (tertiary/aromatic N) is 2. The fourth-order valence-corrected chi connectivity index (χ4v) is 2.81. The largest absolute Gasteiger partial charge is 0.480 e. The van der Waals surface area contributed by atoms with Crippen molar-refractivity contribution in [3.63, 3.8) is 0 Å². The maximum atomic E-state index is 11.8. The Hall–Kier alpha value is -1.65. The first-order chi connectivity index (χ1) is 9.82. The normalized spacial score (nSPS) is 25.9. The Bertz CT molecular complexity index is 520. The van der Waals surface area contributed by atoms with Crippen molar-refractivity contribution >= 4 is 11.9 Å². The topological polar surface area (TPSA) is 75.1 Å². The molecule has 1 aliphatic rings. The van der Waals surface area contributed by atoms with E-state index in [4.69, 9.17) is 0 Å². The number of aryl methyl sites for hydroxylation is 1. The quantitative estimate of drug-likeness (QED) is 0.889. The fourth-order valence-electron chi connectivity index (χ4n) is 2.81. The lowest BCUT2D eigenvalue weighted by molar-refractivity contribution is -0.143. The van der Waals surface area contributed by atoms with Crippen molar-refractivity contribution in [1.29, 1.82) is 0 Å². The first kappa shape index (κ1) is 15.7. The van der Waals surface area contributed by atoms with Crippen LogP contribution in [-0.4, -0.2) is 26.6 Å². The second kappa shape index (κ2) is 6.00. The summed E-state index contributed by atoms with van der Waals surface area (Å²) in [5.41, 5.74) is 0.879. The van der Waals surface area contributed by atoms with E-state index in [0.29, 0.717) is 30.6 Å². The second-order valence-electron chi connectivity index (χ2n) is 6.61. The Kier molecular flexibility index (Phi) is 4.49. The van der Waals surface area contributed by atoms with Gasteiger partial charge in [0.15, 0.2) is 0 Å². The van der Waals surface area contributed by atoms with Gasteiger partial charge >= 0.3 is 5.97 Å². The number of hydrogen-bond acceptors (Lipinski definition) is 4. The number of nitrogens with one attached hydrogen (secondary N) is 1. The number of anilines is 1. The minimum absolute atomic E-state index is 0.291. The Morgan fingerprint density at radius 3 is 2.52 bits per heavy atom. The Balaban J connectivity index is 2.27. The lowest BCUT2D eigenvalue weighted by atomic mass is 9.77. The van der Waals surface area contributed by atoms with Crippen molar-refractivity contribution in [1.82, 2.24) is 9.97 Å². The van der Waals surface area contributed by atoms with Gasteiger partial charge in [0.1, 0.15) is 5.54 Å². The van der Waals surface area contributed by atoms with Crippen LogP contribution in [0.4, 0.5) is 5.95 Å². The first-order valence-electron chi connectivity index (χ1n) is 7.69. The lowest BCUT2D eigenvalue weighted by Crippen LogP contribution is -2.49. The molecule has 0 saturated heterocycles. The molecule has 0 amide bonds. The van der Waals surface area contributed by atoms with E-state index in [0.717, 1.165) is 24.2 Å². The van der Waals surface area contributed by atoms with Crippen LogP contribution in [0.5, 0.6) is 0 Å². The molecular weight excluding hydrogens is 266 g/mol. The van der Waals surface area contributed by atoms with Crippen molar-refractivity contribution in [2.75, 3.05) is 5.32 Å². The molecule has 21 heavy (non-hydrogen) atoms. The third-order valence-corrected chi connectivity index (χ3v) is 4.35. The van der Waals surface area contributed by atoms with Gasteiger partial charge in [-0.05, 0) is 50.5 Å². The molecule has 1 heterocycles. The number of hydrogen-bond donors (Lipinski definition) is 2. The van der Waals surface area contributed by atoms with Crippen molar-refractivity contribution in [3.8, 4) is 0 Å². The maximum Gasteiger partial charge on any atom is 0.329 e. The number of aromatic nitrogens is 2. The van der Waals surface area contributed by atoms with E-state index >= 15 is 0 Å². The molecule has 5 heteroatoms. The van der Waals surface area contributed by atoms with Gasteiger partial charge in [0.2, 0.25) is 5.95 Å². The minimum atomic E-state index is -0.922. The number of carboxylic acids is 1. The highest BCUT2D eigenvalue weighted by Crippen LogP contribution is 2.34. The predicted molar refractivity (Wildman–Crippen MR) is 82.5 cm³/mol. The third kappa shape index (κ3) is 3.52. The van der Waals surface area contributed by atoms with Gasteiger partial charge in [-0.25, -0.2) is 14.8 Å². The van der Waals surface area contributed by atoms with Crippen molar-refractivity contribution in [2.45, 2.75) is 64.8 Å². The minimum Gasteiger partial charge on any atom is -0.480 e. The SMILES string of the molecule is Cc1cc(C(C)C)nc(NC2(C(=O)O)CCC(C)CC2)n1. The van der Waals surface area contributed by atoms with Crippen LogP contribution in [0.1, 0.15) is 63.8 Å². The molecule has 1 saturated carbocycles. The molecule has 0 unspecified atom stereocenters. The van der Waals surface area contributed by atoms with E-state index in [1.54, 1.807) is 0 Å². The van der Waals surface area contributed by atoms with Gasteiger partial charge in [0.05, 0.1) is 0 Å². The summed E-state index contributed by atoms with van der Waals surface area (Å²) in [6.07, 6.45) is 3.08. The van der Waals surface area contributed by atoms with Gasteiger partial charge in [0, 0.05) is 11.4 Å². The summed E-state index contributed by atoms with van der Waals surface area (Å²) in [7, 11) is 0. The first-order valence-corrected chi connectivity index (χ1v) is 7.69. The van der Waals surface area contributed by atoms with Gasteiger partial charge in [-0.2, -0.15) is 0 Å². The highest BCUT2D eigenvalue weighted by molar-refractivity contribution is 5.82. The summed E-state index contributed by atoms with van der Waals surface area (Å²) in [6.45, 7) is 8.22. The Morgan fingerprint density at radius 1 is 1.38 bits per heavy atom. The van der Waals surface area contributed by atoms with E-state index < -0.39 is 11.5 Å². The van der Waals surface area contributed by atoms with E-state index in [1.165, 1.54) is 0 Å². The van der Waals surface area contributed by atoms with Crippen molar-refractivity contribution in [2.24, 2.45) is 5.92 Å². The highest BCUT2D eigenvalue weighted by atomic mass is 16.4. The van der Waals surface area contributed by atoms with E-state index in [2.05, 4.69) is 36.1 Å². The standard InChI is InChI=1S/C16H25N3O2/c1-10(2)13-9-12(4)17-15(18-13)19-16(14(20)21)7-5-11(3)6-8-16/h9-11H,5-8H2,1-4H3,(H,20,21)(H,17,18,19). The summed E-state index contributed by atoms with van der Waals surface area (Å²) < 4.78 is 0. The molecule has 1 aromatic heterocycles. The monoisotopic (exact) mass is 291 g/mol. The van der Waals surface area contributed by atoms with Crippen LogP contribution in [0.2, 0.25) is 0 Å². The van der Waals surface area contributed by atoms with Crippen LogP contribution in [0, 0.1) is 12.8 Å².